The predicted octanol–water partition coefficient (Wildman–Crippen LogP) is 2.09. The van der Waals surface area contributed by atoms with Gasteiger partial charge in [0.15, 0.2) is 0 Å². The molecule has 2 aromatic rings. The minimum absolute atomic E-state index is 0.0575. The Labute approximate surface area is 151 Å². The van der Waals surface area contributed by atoms with E-state index in [4.69, 9.17) is 0 Å². The summed E-state index contributed by atoms with van der Waals surface area (Å²) in [5, 5.41) is 13.5. The molecule has 1 saturated heterocycles. The van der Waals surface area contributed by atoms with E-state index in [1.54, 1.807) is 4.31 Å². The van der Waals surface area contributed by atoms with E-state index < -0.39 is 15.4 Å². The van der Waals surface area contributed by atoms with Crippen molar-refractivity contribution >= 4 is 31.6 Å². The van der Waals surface area contributed by atoms with Crippen LogP contribution in [0, 0.1) is 16.7 Å². The van der Waals surface area contributed by atoms with Crippen LogP contribution >= 0.6 is 11.3 Å². The fourth-order valence-corrected chi connectivity index (χ4v) is 6.57. The topological polar surface area (TPSA) is 86.1 Å². The van der Waals surface area contributed by atoms with Gasteiger partial charge in [-0.3, -0.25) is 0 Å². The first kappa shape index (κ1) is 16.9. The van der Waals surface area contributed by atoms with Gasteiger partial charge in [0, 0.05) is 12.6 Å². The molecule has 1 atom stereocenters. The number of nitrogens with one attached hydrogen (secondary N) is 1. The number of fused-ring (bicyclic) bond motifs is 1. The Morgan fingerprint density at radius 3 is 2.84 bits per heavy atom. The summed E-state index contributed by atoms with van der Waals surface area (Å²) in [7, 11) is -3.51. The standard InChI is InChI=1S/C17H20N4O2S2/c18-10-17(7-8-19-11-17)12-25(22,23)21(13-5-6-13)9-16-20-14-3-1-2-4-15(14)24-16/h1-4,13,19H,5-9,11-12H2. The lowest BCUT2D eigenvalue weighted by Crippen LogP contribution is -2.41. The first-order valence-corrected chi connectivity index (χ1v) is 10.9. The summed E-state index contributed by atoms with van der Waals surface area (Å²) < 4.78 is 28.8. The van der Waals surface area contributed by atoms with Gasteiger partial charge in [0.05, 0.1) is 34.0 Å². The van der Waals surface area contributed by atoms with Gasteiger partial charge in [-0.15, -0.1) is 11.3 Å². The number of rotatable bonds is 6. The molecular formula is C17H20N4O2S2. The lowest BCUT2D eigenvalue weighted by atomic mass is 9.92. The molecule has 2 heterocycles. The molecule has 6 nitrogen and oxygen atoms in total. The number of benzene rings is 1. The summed E-state index contributed by atoms with van der Waals surface area (Å²) in [6, 6.07) is 10.2. The second kappa shape index (κ2) is 6.32. The van der Waals surface area contributed by atoms with Crippen molar-refractivity contribution in [2.45, 2.75) is 31.8 Å². The SMILES string of the molecule is N#CC1(CS(=O)(=O)N(Cc2nc3ccccc3s2)C2CC2)CCNC1. The van der Waals surface area contributed by atoms with Crippen molar-refractivity contribution in [2.24, 2.45) is 5.41 Å². The average molecular weight is 377 g/mol. The van der Waals surface area contributed by atoms with Crippen molar-refractivity contribution in [2.75, 3.05) is 18.8 Å². The smallest absolute Gasteiger partial charge is 0.216 e. The van der Waals surface area contributed by atoms with Crippen LogP contribution < -0.4 is 5.32 Å². The minimum Gasteiger partial charge on any atom is -0.315 e. The van der Waals surface area contributed by atoms with Gasteiger partial charge in [0.25, 0.3) is 0 Å². The van der Waals surface area contributed by atoms with E-state index >= 15 is 0 Å². The van der Waals surface area contributed by atoms with E-state index in [1.165, 1.54) is 11.3 Å². The molecule has 132 valence electrons. The van der Waals surface area contributed by atoms with Crippen molar-refractivity contribution in [1.29, 1.82) is 5.26 Å². The van der Waals surface area contributed by atoms with Crippen LogP contribution in [0.4, 0.5) is 0 Å². The molecule has 1 N–H and O–H groups in total. The van der Waals surface area contributed by atoms with E-state index in [0.29, 0.717) is 26.1 Å². The molecule has 1 aromatic carbocycles. The van der Waals surface area contributed by atoms with Crippen LogP contribution in [0.1, 0.15) is 24.3 Å². The third kappa shape index (κ3) is 3.42. The number of aromatic nitrogens is 1. The van der Waals surface area contributed by atoms with Crippen LogP contribution in [0.5, 0.6) is 0 Å². The third-order valence-corrected chi connectivity index (χ3v) is 7.96. The van der Waals surface area contributed by atoms with Crippen molar-refractivity contribution in [1.82, 2.24) is 14.6 Å². The maximum absolute atomic E-state index is 13.1. The highest BCUT2D eigenvalue weighted by atomic mass is 32.2. The van der Waals surface area contributed by atoms with Crippen molar-refractivity contribution in [3.05, 3.63) is 29.3 Å². The lowest BCUT2D eigenvalue weighted by Gasteiger charge is -2.26. The predicted molar refractivity (Wildman–Crippen MR) is 97.5 cm³/mol. The third-order valence-electron chi connectivity index (χ3n) is 4.88. The minimum atomic E-state index is -3.51. The zero-order chi connectivity index (χ0) is 17.5. The molecule has 1 aromatic heterocycles. The van der Waals surface area contributed by atoms with Crippen LogP contribution in [0.2, 0.25) is 0 Å². The van der Waals surface area contributed by atoms with E-state index in [-0.39, 0.29) is 11.8 Å². The fraction of sp³-hybridized carbons (Fsp3) is 0.529. The summed E-state index contributed by atoms with van der Waals surface area (Å²) in [5.74, 6) is -0.106. The van der Waals surface area contributed by atoms with Crippen LogP contribution in [-0.2, 0) is 16.6 Å². The van der Waals surface area contributed by atoms with Crippen molar-refractivity contribution in [3.8, 4) is 6.07 Å². The van der Waals surface area contributed by atoms with Gasteiger partial charge in [-0.25, -0.2) is 13.4 Å². The Morgan fingerprint density at radius 1 is 1.40 bits per heavy atom. The molecule has 25 heavy (non-hydrogen) atoms. The molecule has 1 aliphatic heterocycles. The fourth-order valence-electron chi connectivity index (χ4n) is 3.36. The molecule has 0 amide bonds. The number of para-hydroxylation sites is 1. The van der Waals surface area contributed by atoms with Crippen LogP contribution in [-0.4, -0.2) is 42.6 Å². The maximum atomic E-state index is 13.1. The first-order valence-electron chi connectivity index (χ1n) is 8.47. The number of sulfonamides is 1. The van der Waals surface area contributed by atoms with E-state index in [0.717, 1.165) is 28.1 Å². The van der Waals surface area contributed by atoms with Crippen molar-refractivity contribution < 1.29 is 8.42 Å². The van der Waals surface area contributed by atoms with Crippen molar-refractivity contribution in [3.63, 3.8) is 0 Å². The van der Waals surface area contributed by atoms with Crippen LogP contribution in [0.15, 0.2) is 24.3 Å². The average Bonchev–Trinajstić information content (AvgIpc) is 3.17. The van der Waals surface area contributed by atoms with Gasteiger partial charge >= 0.3 is 0 Å². The molecule has 2 fully saturated rings. The quantitative estimate of drug-likeness (QED) is 0.834. The van der Waals surface area contributed by atoms with E-state index in [2.05, 4.69) is 16.4 Å². The summed E-state index contributed by atoms with van der Waals surface area (Å²) in [6.45, 7) is 1.45. The molecule has 8 heteroatoms. The Kier molecular flexibility index (Phi) is 4.28. The second-order valence-corrected chi connectivity index (χ2v) is 9.96. The molecule has 0 spiro atoms. The Bertz CT molecular complexity index is 889. The van der Waals surface area contributed by atoms with Gasteiger partial charge in [-0.05, 0) is 37.9 Å². The number of hydrogen-bond donors (Lipinski definition) is 1. The Balaban J connectivity index is 1.59. The summed E-state index contributed by atoms with van der Waals surface area (Å²) in [6.07, 6.45) is 2.37. The molecule has 0 bridgehead atoms. The molecule has 1 unspecified atom stereocenters. The van der Waals surface area contributed by atoms with Gasteiger partial charge < -0.3 is 5.32 Å². The zero-order valence-electron chi connectivity index (χ0n) is 13.8. The molecule has 2 aliphatic rings. The molecule has 1 saturated carbocycles. The van der Waals surface area contributed by atoms with Gasteiger partial charge in [-0.2, -0.15) is 9.57 Å². The zero-order valence-corrected chi connectivity index (χ0v) is 15.4. The summed E-state index contributed by atoms with van der Waals surface area (Å²) in [5.41, 5.74) is 0.101. The number of nitrogens with zero attached hydrogens (tertiary/aromatic N) is 3. The summed E-state index contributed by atoms with van der Waals surface area (Å²) >= 11 is 1.54. The largest absolute Gasteiger partial charge is 0.315 e. The van der Waals surface area contributed by atoms with Crippen LogP contribution in [0.3, 0.4) is 0 Å². The Hall–Kier alpha value is -1.53. The maximum Gasteiger partial charge on any atom is 0.216 e. The van der Waals surface area contributed by atoms with Gasteiger partial charge in [0.1, 0.15) is 5.01 Å². The lowest BCUT2D eigenvalue weighted by molar-refractivity contribution is 0.382. The number of nitriles is 1. The monoisotopic (exact) mass is 376 g/mol. The highest BCUT2D eigenvalue weighted by molar-refractivity contribution is 7.89. The highest BCUT2D eigenvalue weighted by Crippen LogP contribution is 2.36. The van der Waals surface area contributed by atoms with Crippen LogP contribution in [0.25, 0.3) is 10.2 Å². The van der Waals surface area contributed by atoms with E-state index in [9.17, 15) is 13.7 Å². The van der Waals surface area contributed by atoms with Gasteiger partial charge in [0.2, 0.25) is 10.0 Å². The van der Waals surface area contributed by atoms with E-state index in [1.807, 2.05) is 24.3 Å². The second-order valence-electron chi connectivity index (χ2n) is 6.93. The molecule has 1 aliphatic carbocycles. The number of hydrogen-bond acceptors (Lipinski definition) is 6. The molecular weight excluding hydrogens is 356 g/mol. The molecule has 0 radical (unpaired) electrons. The normalized spacial score (nSPS) is 24.0. The molecule has 4 rings (SSSR count). The Morgan fingerprint density at radius 2 is 2.20 bits per heavy atom. The first-order chi connectivity index (χ1) is 12.0. The highest BCUT2D eigenvalue weighted by Gasteiger charge is 2.44. The van der Waals surface area contributed by atoms with Gasteiger partial charge in [-0.1, -0.05) is 12.1 Å². The number of thiazole rings is 1. The summed E-state index contributed by atoms with van der Waals surface area (Å²) in [4.78, 5) is 4.58.